The molecule has 0 spiro atoms. The van der Waals surface area contributed by atoms with Gasteiger partial charge in [0.15, 0.2) is 0 Å². The molecule has 3 nitrogen and oxygen atoms in total. The van der Waals surface area contributed by atoms with Crippen molar-refractivity contribution in [1.29, 1.82) is 0 Å². The third kappa shape index (κ3) is 3.20. The lowest BCUT2D eigenvalue weighted by molar-refractivity contribution is -0.133. The van der Waals surface area contributed by atoms with Gasteiger partial charge in [-0.25, -0.2) is 0 Å². The van der Waals surface area contributed by atoms with Gasteiger partial charge in [0.05, 0.1) is 6.04 Å². The first-order valence-corrected chi connectivity index (χ1v) is 7.57. The molecule has 0 aliphatic rings. The van der Waals surface area contributed by atoms with Gasteiger partial charge in [0, 0.05) is 16.9 Å². The molecule has 106 valence electrons. The average molecular weight is 309 g/mol. The minimum Gasteiger partial charge on any atom is -0.337 e. The molecule has 0 fully saturated rings. The van der Waals surface area contributed by atoms with E-state index in [0.29, 0.717) is 5.02 Å². The van der Waals surface area contributed by atoms with Crippen LogP contribution in [0.2, 0.25) is 5.02 Å². The van der Waals surface area contributed by atoms with Gasteiger partial charge in [-0.15, -0.1) is 11.3 Å². The Bertz CT molecular complexity index is 585. The van der Waals surface area contributed by atoms with E-state index >= 15 is 0 Å². The van der Waals surface area contributed by atoms with Crippen LogP contribution < -0.4 is 5.73 Å². The summed E-state index contributed by atoms with van der Waals surface area (Å²) in [5.41, 5.74) is 7.02. The Morgan fingerprint density at radius 3 is 2.70 bits per heavy atom. The van der Waals surface area contributed by atoms with Crippen LogP contribution in [-0.4, -0.2) is 17.9 Å². The molecule has 2 rings (SSSR count). The molecule has 1 aromatic carbocycles. The first-order valence-electron chi connectivity index (χ1n) is 6.32. The third-order valence-corrected chi connectivity index (χ3v) is 4.57. The van der Waals surface area contributed by atoms with E-state index in [1.165, 1.54) is 11.3 Å². The van der Waals surface area contributed by atoms with E-state index in [4.69, 9.17) is 17.3 Å². The van der Waals surface area contributed by atoms with Crippen LogP contribution in [0.15, 0.2) is 41.8 Å². The predicted octanol–water partition coefficient (Wildman–Crippen LogP) is 3.62. The van der Waals surface area contributed by atoms with E-state index in [9.17, 15) is 4.79 Å². The second-order valence-electron chi connectivity index (χ2n) is 4.67. The predicted molar refractivity (Wildman–Crippen MR) is 83.9 cm³/mol. The Hall–Kier alpha value is -1.36. The van der Waals surface area contributed by atoms with Crippen molar-refractivity contribution in [1.82, 2.24) is 4.90 Å². The molecule has 2 unspecified atom stereocenters. The third-order valence-electron chi connectivity index (χ3n) is 3.38. The Morgan fingerprint density at radius 2 is 2.10 bits per heavy atom. The number of carbonyl (C=O) groups is 1. The molecule has 0 saturated heterocycles. The number of rotatable bonds is 4. The van der Waals surface area contributed by atoms with Crippen LogP contribution in [0, 0.1) is 0 Å². The Labute approximate surface area is 128 Å². The topological polar surface area (TPSA) is 46.3 Å². The van der Waals surface area contributed by atoms with Gasteiger partial charge in [-0.1, -0.05) is 29.8 Å². The van der Waals surface area contributed by atoms with Gasteiger partial charge in [-0.3, -0.25) is 4.79 Å². The van der Waals surface area contributed by atoms with Crippen molar-refractivity contribution in [2.45, 2.75) is 19.0 Å². The van der Waals surface area contributed by atoms with Crippen molar-refractivity contribution < 1.29 is 4.79 Å². The minimum absolute atomic E-state index is 0.0767. The minimum atomic E-state index is -0.610. The lowest BCUT2D eigenvalue weighted by Crippen LogP contribution is -2.37. The van der Waals surface area contributed by atoms with E-state index in [-0.39, 0.29) is 11.9 Å². The zero-order chi connectivity index (χ0) is 14.7. The molecule has 1 heterocycles. The molecular formula is C15H17ClN2OS. The van der Waals surface area contributed by atoms with Crippen LogP contribution in [-0.2, 0) is 4.79 Å². The maximum atomic E-state index is 12.4. The highest BCUT2D eigenvalue weighted by molar-refractivity contribution is 7.10. The number of likely N-dealkylation sites (N-methyl/N-ethyl adjacent to an activating group) is 1. The Kier molecular flexibility index (Phi) is 4.81. The second-order valence-corrected chi connectivity index (χ2v) is 6.09. The smallest absolute Gasteiger partial charge is 0.245 e. The van der Waals surface area contributed by atoms with E-state index < -0.39 is 6.04 Å². The van der Waals surface area contributed by atoms with E-state index in [1.807, 2.05) is 48.7 Å². The molecule has 1 aromatic heterocycles. The molecule has 0 bridgehead atoms. The summed E-state index contributed by atoms with van der Waals surface area (Å²) in [6, 6.07) is 10.6. The zero-order valence-electron chi connectivity index (χ0n) is 11.4. The van der Waals surface area contributed by atoms with Crippen molar-refractivity contribution in [3.63, 3.8) is 0 Å². The fraction of sp³-hybridized carbons (Fsp3) is 0.267. The summed E-state index contributed by atoms with van der Waals surface area (Å²) in [5.74, 6) is -0.0973. The number of amides is 1. The van der Waals surface area contributed by atoms with Gasteiger partial charge < -0.3 is 10.6 Å². The first-order chi connectivity index (χ1) is 9.50. The van der Waals surface area contributed by atoms with Crippen molar-refractivity contribution in [2.75, 3.05) is 7.05 Å². The summed E-state index contributed by atoms with van der Waals surface area (Å²) < 4.78 is 0. The number of hydrogen-bond acceptors (Lipinski definition) is 3. The largest absolute Gasteiger partial charge is 0.337 e. The van der Waals surface area contributed by atoms with Crippen LogP contribution in [0.25, 0.3) is 0 Å². The summed E-state index contributed by atoms with van der Waals surface area (Å²) >= 11 is 7.48. The van der Waals surface area contributed by atoms with Gasteiger partial charge in [0.2, 0.25) is 5.91 Å². The Morgan fingerprint density at radius 1 is 1.35 bits per heavy atom. The van der Waals surface area contributed by atoms with E-state index in [0.717, 1.165) is 10.4 Å². The zero-order valence-corrected chi connectivity index (χ0v) is 13.0. The molecule has 2 N–H and O–H groups in total. The summed E-state index contributed by atoms with van der Waals surface area (Å²) in [6.45, 7) is 1.96. The summed E-state index contributed by atoms with van der Waals surface area (Å²) in [4.78, 5) is 15.0. The molecule has 0 radical (unpaired) electrons. The maximum absolute atomic E-state index is 12.4. The monoisotopic (exact) mass is 308 g/mol. The van der Waals surface area contributed by atoms with Gasteiger partial charge in [0.25, 0.3) is 0 Å². The lowest BCUT2D eigenvalue weighted by atomic mass is 10.1. The molecule has 0 aliphatic heterocycles. The van der Waals surface area contributed by atoms with Crippen molar-refractivity contribution in [2.24, 2.45) is 5.73 Å². The van der Waals surface area contributed by atoms with Crippen LogP contribution in [0.3, 0.4) is 0 Å². The van der Waals surface area contributed by atoms with Crippen LogP contribution in [0.1, 0.15) is 29.4 Å². The fourth-order valence-corrected chi connectivity index (χ4v) is 2.91. The number of thiophene rings is 1. The van der Waals surface area contributed by atoms with Crippen molar-refractivity contribution >= 4 is 28.8 Å². The maximum Gasteiger partial charge on any atom is 0.245 e. The average Bonchev–Trinajstić information content (AvgIpc) is 2.98. The Balaban J connectivity index is 2.14. The number of benzene rings is 1. The number of nitrogens with zero attached hydrogens (tertiary/aromatic N) is 1. The molecule has 2 aromatic rings. The molecule has 0 aliphatic carbocycles. The number of hydrogen-bond donors (Lipinski definition) is 1. The van der Waals surface area contributed by atoms with Crippen LogP contribution >= 0.6 is 22.9 Å². The summed E-state index contributed by atoms with van der Waals surface area (Å²) in [6.07, 6.45) is 0. The van der Waals surface area contributed by atoms with Crippen molar-refractivity contribution in [3.05, 3.63) is 57.2 Å². The van der Waals surface area contributed by atoms with E-state index in [1.54, 1.807) is 11.9 Å². The van der Waals surface area contributed by atoms with Crippen LogP contribution in [0.4, 0.5) is 0 Å². The molecule has 1 amide bonds. The highest BCUT2D eigenvalue weighted by Crippen LogP contribution is 2.25. The lowest BCUT2D eigenvalue weighted by Gasteiger charge is -2.27. The molecule has 5 heteroatoms. The molecular weight excluding hydrogens is 292 g/mol. The van der Waals surface area contributed by atoms with Crippen molar-refractivity contribution in [3.8, 4) is 0 Å². The fourth-order valence-electron chi connectivity index (χ4n) is 1.99. The number of carbonyl (C=O) groups excluding carboxylic acids is 1. The SMILES string of the molecule is CC(c1cccc(Cl)c1)N(C)C(=O)C(N)c1cccs1. The summed E-state index contributed by atoms with van der Waals surface area (Å²) in [5, 5.41) is 2.58. The molecule has 0 saturated carbocycles. The van der Waals surface area contributed by atoms with Crippen LogP contribution in [0.5, 0.6) is 0 Å². The standard InChI is InChI=1S/C15H17ClN2OS/c1-10(11-5-3-6-12(16)9-11)18(2)15(19)14(17)13-7-4-8-20-13/h3-10,14H,17H2,1-2H3. The summed E-state index contributed by atoms with van der Waals surface area (Å²) in [7, 11) is 1.77. The molecule has 20 heavy (non-hydrogen) atoms. The highest BCUT2D eigenvalue weighted by Gasteiger charge is 2.24. The molecule has 2 atom stereocenters. The number of nitrogens with two attached hydrogens (primary N) is 1. The van der Waals surface area contributed by atoms with Gasteiger partial charge in [0.1, 0.15) is 6.04 Å². The second kappa shape index (κ2) is 6.39. The normalized spacial score (nSPS) is 13.8. The van der Waals surface area contributed by atoms with Gasteiger partial charge in [-0.2, -0.15) is 0 Å². The quantitative estimate of drug-likeness (QED) is 0.937. The highest BCUT2D eigenvalue weighted by atomic mass is 35.5. The number of halogens is 1. The van der Waals surface area contributed by atoms with E-state index in [2.05, 4.69) is 0 Å². The van der Waals surface area contributed by atoms with Gasteiger partial charge >= 0.3 is 0 Å². The first kappa shape index (κ1) is 15.0. The van der Waals surface area contributed by atoms with Gasteiger partial charge in [-0.05, 0) is 36.1 Å².